The number of esters is 2. The van der Waals surface area contributed by atoms with Crippen molar-refractivity contribution in [3.8, 4) is 0 Å². The standard InChI is InChI=1S/C6H8O5/c1-9-3-4(10-2)6(8)11-5(3)7/h3-4H,1-2H3/t3-,4+. The highest BCUT2D eigenvalue weighted by Gasteiger charge is 2.45. The molecule has 0 unspecified atom stereocenters. The molecule has 0 aromatic rings. The highest BCUT2D eigenvalue weighted by Crippen LogP contribution is 2.14. The van der Waals surface area contributed by atoms with Crippen LogP contribution in [0, 0.1) is 0 Å². The lowest BCUT2D eigenvalue weighted by atomic mass is 10.2. The second-order valence-electron chi connectivity index (χ2n) is 2.05. The summed E-state index contributed by atoms with van der Waals surface area (Å²) in [7, 11) is 2.63. The highest BCUT2D eigenvalue weighted by molar-refractivity contribution is 5.99. The fraction of sp³-hybridized carbons (Fsp3) is 0.667. The van der Waals surface area contributed by atoms with Gasteiger partial charge in [-0.15, -0.1) is 0 Å². The topological polar surface area (TPSA) is 61.8 Å². The molecule has 0 aliphatic carbocycles. The zero-order valence-electron chi connectivity index (χ0n) is 6.20. The van der Waals surface area contributed by atoms with Crippen LogP contribution in [0.4, 0.5) is 0 Å². The minimum absolute atomic E-state index is 0.690. The average molecular weight is 160 g/mol. The van der Waals surface area contributed by atoms with E-state index in [1.807, 2.05) is 0 Å². The molecule has 0 aromatic carbocycles. The van der Waals surface area contributed by atoms with Gasteiger partial charge < -0.3 is 14.2 Å². The van der Waals surface area contributed by atoms with Crippen molar-refractivity contribution < 1.29 is 23.8 Å². The third-order valence-electron chi connectivity index (χ3n) is 1.45. The Kier molecular flexibility index (Phi) is 2.21. The largest absolute Gasteiger partial charge is 0.389 e. The van der Waals surface area contributed by atoms with Crippen LogP contribution in [0.1, 0.15) is 0 Å². The Balaban J connectivity index is 2.74. The Morgan fingerprint density at radius 3 is 1.73 bits per heavy atom. The van der Waals surface area contributed by atoms with Gasteiger partial charge in [0.2, 0.25) is 0 Å². The first-order valence-corrected chi connectivity index (χ1v) is 3.02. The van der Waals surface area contributed by atoms with Crippen LogP contribution < -0.4 is 0 Å². The van der Waals surface area contributed by atoms with Gasteiger partial charge in [0.05, 0.1) is 0 Å². The Labute approximate surface area is 63.2 Å². The van der Waals surface area contributed by atoms with Crippen LogP contribution in [0.15, 0.2) is 0 Å². The van der Waals surface area contributed by atoms with Crippen LogP contribution >= 0.6 is 0 Å². The predicted octanol–water partition coefficient (Wildman–Crippen LogP) is -0.900. The molecule has 1 fully saturated rings. The maximum atomic E-state index is 10.7. The molecule has 0 radical (unpaired) electrons. The molecule has 1 saturated heterocycles. The number of hydrogen-bond donors (Lipinski definition) is 0. The molecule has 2 atom stereocenters. The van der Waals surface area contributed by atoms with Gasteiger partial charge >= 0.3 is 11.9 Å². The van der Waals surface area contributed by atoms with Gasteiger partial charge in [0.25, 0.3) is 0 Å². The molecule has 5 nitrogen and oxygen atoms in total. The number of ether oxygens (including phenoxy) is 3. The highest BCUT2D eigenvalue weighted by atomic mass is 16.7. The molecule has 0 amide bonds. The van der Waals surface area contributed by atoms with Gasteiger partial charge in [0, 0.05) is 14.2 Å². The van der Waals surface area contributed by atoms with Crippen molar-refractivity contribution in [2.45, 2.75) is 12.2 Å². The number of hydrogen-bond acceptors (Lipinski definition) is 5. The van der Waals surface area contributed by atoms with Crippen LogP contribution in [0.5, 0.6) is 0 Å². The maximum Gasteiger partial charge on any atom is 0.346 e. The van der Waals surface area contributed by atoms with Crippen molar-refractivity contribution in [1.82, 2.24) is 0 Å². The van der Waals surface area contributed by atoms with E-state index in [0.29, 0.717) is 0 Å². The first-order valence-electron chi connectivity index (χ1n) is 3.02. The van der Waals surface area contributed by atoms with Crippen molar-refractivity contribution >= 4 is 11.9 Å². The van der Waals surface area contributed by atoms with Crippen LogP contribution in [0.3, 0.4) is 0 Å². The van der Waals surface area contributed by atoms with E-state index in [1.165, 1.54) is 14.2 Å². The zero-order valence-corrected chi connectivity index (χ0v) is 6.20. The Hall–Kier alpha value is -0.940. The van der Waals surface area contributed by atoms with Gasteiger partial charge in [0.1, 0.15) is 0 Å². The summed E-state index contributed by atoms with van der Waals surface area (Å²) in [6.45, 7) is 0. The van der Waals surface area contributed by atoms with E-state index in [9.17, 15) is 9.59 Å². The molecule has 11 heavy (non-hydrogen) atoms. The van der Waals surface area contributed by atoms with Gasteiger partial charge in [0.15, 0.2) is 12.2 Å². The lowest BCUT2D eigenvalue weighted by Crippen LogP contribution is -2.32. The van der Waals surface area contributed by atoms with Crippen molar-refractivity contribution in [3.63, 3.8) is 0 Å². The van der Waals surface area contributed by atoms with E-state index in [4.69, 9.17) is 0 Å². The molecule has 1 aliphatic heterocycles. The summed E-state index contributed by atoms with van der Waals surface area (Å²) in [4.78, 5) is 21.5. The van der Waals surface area contributed by atoms with Gasteiger partial charge in [-0.05, 0) is 0 Å². The molecule has 1 rings (SSSR count). The minimum atomic E-state index is -0.910. The van der Waals surface area contributed by atoms with E-state index >= 15 is 0 Å². The average Bonchev–Trinajstić information content (AvgIpc) is 2.24. The maximum absolute atomic E-state index is 10.7. The molecular formula is C6H8O5. The van der Waals surface area contributed by atoms with Gasteiger partial charge in [-0.3, -0.25) is 0 Å². The summed E-state index contributed by atoms with van der Waals surface area (Å²) >= 11 is 0. The van der Waals surface area contributed by atoms with E-state index in [1.54, 1.807) is 0 Å². The first-order chi connectivity index (χ1) is 5.20. The van der Waals surface area contributed by atoms with Crippen LogP contribution in [0.25, 0.3) is 0 Å². The molecule has 0 aromatic heterocycles. The van der Waals surface area contributed by atoms with Gasteiger partial charge in [-0.25, -0.2) is 9.59 Å². The summed E-state index contributed by atoms with van der Waals surface area (Å²) in [5.74, 6) is -1.38. The van der Waals surface area contributed by atoms with E-state index in [2.05, 4.69) is 14.2 Å². The van der Waals surface area contributed by atoms with Crippen molar-refractivity contribution in [2.75, 3.05) is 14.2 Å². The molecule has 0 N–H and O–H groups in total. The van der Waals surface area contributed by atoms with Crippen LogP contribution in [-0.4, -0.2) is 38.4 Å². The fourth-order valence-electron chi connectivity index (χ4n) is 0.902. The quantitative estimate of drug-likeness (QED) is 0.387. The monoisotopic (exact) mass is 160 g/mol. The van der Waals surface area contributed by atoms with Gasteiger partial charge in [-0.1, -0.05) is 0 Å². The van der Waals surface area contributed by atoms with E-state index in [-0.39, 0.29) is 0 Å². The summed E-state index contributed by atoms with van der Waals surface area (Å²) in [5, 5.41) is 0. The molecule has 0 saturated carbocycles. The SMILES string of the molecule is CO[C@@H]1C(=O)OC(=O)[C@@H]1OC. The smallest absolute Gasteiger partial charge is 0.346 e. The summed E-state index contributed by atoms with van der Waals surface area (Å²) < 4.78 is 13.6. The normalized spacial score (nSPS) is 30.7. The summed E-state index contributed by atoms with van der Waals surface area (Å²) in [6, 6.07) is 0. The lowest BCUT2D eigenvalue weighted by molar-refractivity contribution is -0.155. The van der Waals surface area contributed by atoms with Crippen LogP contribution in [-0.2, 0) is 23.8 Å². The van der Waals surface area contributed by atoms with Crippen molar-refractivity contribution in [2.24, 2.45) is 0 Å². The van der Waals surface area contributed by atoms with Crippen LogP contribution in [0.2, 0.25) is 0 Å². The zero-order chi connectivity index (χ0) is 8.43. The number of rotatable bonds is 2. The number of carbonyl (C=O) groups is 2. The van der Waals surface area contributed by atoms with E-state index < -0.39 is 24.1 Å². The molecule has 5 heteroatoms. The van der Waals surface area contributed by atoms with Gasteiger partial charge in [-0.2, -0.15) is 0 Å². The van der Waals surface area contributed by atoms with Crippen molar-refractivity contribution in [1.29, 1.82) is 0 Å². The summed E-state index contributed by atoms with van der Waals surface area (Å²) in [6.07, 6.45) is -1.82. The van der Waals surface area contributed by atoms with E-state index in [0.717, 1.165) is 0 Å². The molecule has 0 spiro atoms. The number of carbonyl (C=O) groups excluding carboxylic acids is 2. The molecule has 1 aliphatic rings. The molecule has 1 heterocycles. The Morgan fingerprint density at radius 2 is 1.45 bits per heavy atom. The Morgan fingerprint density at radius 1 is 1.09 bits per heavy atom. The molecular weight excluding hydrogens is 152 g/mol. The lowest BCUT2D eigenvalue weighted by Gasteiger charge is -2.08. The summed E-state index contributed by atoms with van der Waals surface area (Å²) in [5.41, 5.74) is 0. The number of cyclic esters (lactones) is 2. The van der Waals surface area contributed by atoms with Crippen molar-refractivity contribution in [3.05, 3.63) is 0 Å². The third-order valence-corrected chi connectivity index (χ3v) is 1.45. The number of methoxy groups -OCH3 is 2. The second-order valence-corrected chi connectivity index (χ2v) is 2.05. The second kappa shape index (κ2) is 2.98. The third kappa shape index (κ3) is 1.24. The molecule has 0 bridgehead atoms. The predicted molar refractivity (Wildman–Crippen MR) is 32.7 cm³/mol. The fourth-order valence-corrected chi connectivity index (χ4v) is 0.902. The minimum Gasteiger partial charge on any atom is -0.389 e. The Bertz CT molecular complexity index is 167. The molecule has 62 valence electrons. The first kappa shape index (κ1) is 8.16.